The summed E-state index contributed by atoms with van der Waals surface area (Å²) in [5, 5.41) is 0. The van der Waals surface area contributed by atoms with Crippen molar-refractivity contribution in [3.8, 4) is 5.75 Å². The lowest BCUT2D eigenvalue weighted by Gasteiger charge is -2.18. The SMILES string of the molecule is COc1ccc(N(CC=O)C(C)=O)cc1. The Hall–Kier alpha value is -1.84. The van der Waals surface area contributed by atoms with E-state index in [4.69, 9.17) is 4.74 Å². The number of aldehydes is 1. The Labute approximate surface area is 88.5 Å². The van der Waals surface area contributed by atoms with Crippen LogP contribution in [0.1, 0.15) is 6.92 Å². The second kappa shape index (κ2) is 5.14. The van der Waals surface area contributed by atoms with Crippen LogP contribution >= 0.6 is 0 Å². The first-order valence-corrected chi connectivity index (χ1v) is 4.55. The van der Waals surface area contributed by atoms with Crippen LogP contribution in [0.3, 0.4) is 0 Å². The zero-order valence-corrected chi connectivity index (χ0v) is 8.77. The van der Waals surface area contributed by atoms with Gasteiger partial charge >= 0.3 is 0 Å². The molecule has 0 spiro atoms. The summed E-state index contributed by atoms with van der Waals surface area (Å²) in [5.74, 6) is 0.556. The molecule has 4 nitrogen and oxygen atoms in total. The zero-order valence-electron chi connectivity index (χ0n) is 8.77. The van der Waals surface area contributed by atoms with Gasteiger partial charge in [0.25, 0.3) is 0 Å². The summed E-state index contributed by atoms with van der Waals surface area (Å²) in [6, 6.07) is 6.97. The van der Waals surface area contributed by atoms with Gasteiger partial charge in [0.05, 0.1) is 13.7 Å². The number of carbonyl (C=O) groups excluding carboxylic acids is 2. The zero-order chi connectivity index (χ0) is 11.3. The molecule has 1 amide bonds. The minimum Gasteiger partial charge on any atom is -0.497 e. The maximum atomic E-state index is 11.2. The topological polar surface area (TPSA) is 46.6 Å². The molecule has 0 unspecified atom stereocenters. The van der Waals surface area contributed by atoms with E-state index in [0.29, 0.717) is 17.7 Å². The van der Waals surface area contributed by atoms with Crippen molar-refractivity contribution in [3.63, 3.8) is 0 Å². The molecular formula is C11H13NO3. The molecule has 0 heterocycles. The van der Waals surface area contributed by atoms with Crippen molar-refractivity contribution in [2.45, 2.75) is 6.92 Å². The van der Waals surface area contributed by atoms with Crippen molar-refractivity contribution in [1.82, 2.24) is 0 Å². The van der Waals surface area contributed by atoms with E-state index >= 15 is 0 Å². The molecule has 0 radical (unpaired) electrons. The van der Waals surface area contributed by atoms with E-state index in [0.717, 1.165) is 0 Å². The van der Waals surface area contributed by atoms with Crippen LogP contribution in [0.4, 0.5) is 5.69 Å². The van der Waals surface area contributed by atoms with Gasteiger partial charge < -0.3 is 14.4 Å². The third kappa shape index (κ3) is 2.80. The highest BCUT2D eigenvalue weighted by Crippen LogP contribution is 2.18. The Bertz CT molecular complexity index is 345. The minimum atomic E-state index is -0.160. The number of carbonyl (C=O) groups is 2. The number of amides is 1. The molecule has 0 aromatic heterocycles. The number of ether oxygens (including phenoxy) is 1. The van der Waals surface area contributed by atoms with Crippen LogP contribution in [0, 0.1) is 0 Å². The number of hydrogen-bond acceptors (Lipinski definition) is 3. The van der Waals surface area contributed by atoms with Crippen molar-refractivity contribution in [3.05, 3.63) is 24.3 Å². The maximum absolute atomic E-state index is 11.2. The van der Waals surface area contributed by atoms with Gasteiger partial charge in [-0.1, -0.05) is 0 Å². The third-order valence-electron chi connectivity index (χ3n) is 2.02. The summed E-state index contributed by atoms with van der Waals surface area (Å²) in [6.45, 7) is 1.50. The highest BCUT2D eigenvalue weighted by Gasteiger charge is 2.09. The molecule has 0 fully saturated rings. The summed E-state index contributed by atoms with van der Waals surface area (Å²) in [5.41, 5.74) is 0.690. The molecule has 0 bridgehead atoms. The third-order valence-corrected chi connectivity index (χ3v) is 2.02. The molecule has 15 heavy (non-hydrogen) atoms. The van der Waals surface area contributed by atoms with Crippen molar-refractivity contribution in [2.24, 2.45) is 0 Å². The van der Waals surface area contributed by atoms with Gasteiger partial charge in [0.1, 0.15) is 12.0 Å². The standard InChI is InChI=1S/C11H13NO3/c1-9(14)12(7-8-13)10-3-5-11(15-2)6-4-10/h3-6,8H,7H2,1-2H3. The fourth-order valence-electron chi connectivity index (χ4n) is 1.25. The number of rotatable bonds is 4. The Kier molecular flexibility index (Phi) is 3.85. The fraction of sp³-hybridized carbons (Fsp3) is 0.273. The Morgan fingerprint density at radius 3 is 2.40 bits per heavy atom. The van der Waals surface area contributed by atoms with Crippen LogP contribution in [0.25, 0.3) is 0 Å². The number of nitrogens with zero attached hydrogens (tertiary/aromatic N) is 1. The van der Waals surface area contributed by atoms with Gasteiger partial charge in [0.15, 0.2) is 0 Å². The fourth-order valence-corrected chi connectivity index (χ4v) is 1.25. The minimum absolute atomic E-state index is 0.0711. The maximum Gasteiger partial charge on any atom is 0.224 e. The van der Waals surface area contributed by atoms with Crippen molar-refractivity contribution in [2.75, 3.05) is 18.6 Å². The number of benzene rings is 1. The van der Waals surface area contributed by atoms with E-state index in [1.807, 2.05) is 0 Å². The normalized spacial score (nSPS) is 9.47. The molecule has 0 aliphatic heterocycles. The van der Waals surface area contributed by atoms with Crippen LogP contribution in [0.2, 0.25) is 0 Å². The van der Waals surface area contributed by atoms with Gasteiger partial charge in [0.2, 0.25) is 5.91 Å². The van der Waals surface area contributed by atoms with E-state index in [-0.39, 0.29) is 12.5 Å². The molecule has 1 aromatic carbocycles. The van der Waals surface area contributed by atoms with Crippen molar-refractivity contribution < 1.29 is 14.3 Å². The molecule has 1 rings (SSSR count). The van der Waals surface area contributed by atoms with Gasteiger partial charge in [-0.15, -0.1) is 0 Å². The number of hydrogen-bond donors (Lipinski definition) is 0. The Balaban J connectivity index is 2.91. The molecule has 0 aliphatic rings. The molecule has 0 atom stereocenters. The van der Waals surface area contributed by atoms with Gasteiger partial charge in [-0.25, -0.2) is 0 Å². The first-order chi connectivity index (χ1) is 7.19. The lowest BCUT2D eigenvalue weighted by atomic mass is 10.2. The predicted molar refractivity (Wildman–Crippen MR) is 57.1 cm³/mol. The average Bonchev–Trinajstić information content (AvgIpc) is 2.26. The first-order valence-electron chi connectivity index (χ1n) is 4.55. The summed E-state index contributed by atoms with van der Waals surface area (Å²) in [4.78, 5) is 23.0. The highest BCUT2D eigenvalue weighted by atomic mass is 16.5. The summed E-state index contributed by atoms with van der Waals surface area (Å²) in [7, 11) is 1.57. The largest absolute Gasteiger partial charge is 0.497 e. The van der Waals surface area contributed by atoms with Crippen LogP contribution < -0.4 is 9.64 Å². The van der Waals surface area contributed by atoms with E-state index in [1.165, 1.54) is 11.8 Å². The van der Waals surface area contributed by atoms with Crippen LogP contribution in [-0.2, 0) is 9.59 Å². The quantitative estimate of drug-likeness (QED) is 0.698. The number of methoxy groups -OCH3 is 1. The lowest BCUT2D eigenvalue weighted by molar-refractivity contribution is -0.118. The average molecular weight is 207 g/mol. The monoisotopic (exact) mass is 207 g/mol. The molecule has 1 aromatic rings. The number of anilines is 1. The molecule has 80 valence electrons. The Morgan fingerprint density at radius 1 is 1.40 bits per heavy atom. The van der Waals surface area contributed by atoms with Crippen LogP contribution in [0.5, 0.6) is 5.75 Å². The molecule has 0 saturated heterocycles. The molecule has 0 aliphatic carbocycles. The summed E-state index contributed by atoms with van der Waals surface area (Å²) >= 11 is 0. The second-order valence-electron chi connectivity index (χ2n) is 2.99. The summed E-state index contributed by atoms with van der Waals surface area (Å²) in [6.07, 6.45) is 0.700. The molecule has 0 N–H and O–H groups in total. The van der Waals surface area contributed by atoms with Gasteiger partial charge in [-0.05, 0) is 24.3 Å². The van der Waals surface area contributed by atoms with Crippen LogP contribution in [-0.4, -0.2) is 25.8 Å². The van der Waals surface area contributed by atoms with E-state index in [1.54, 1.807) is 31.4 Å². The highest BCUT2D eigenvalue weighted by molar-refractivity contribution is 5.94. The van der Waals surface area contributed by atoms with Crippen molar-refractivity contribution >= 4 is 17.9 Å². The first kappa shape index (κ1) is 11.2. The summed E-state index contributed by atoms with van der Waals surface area (Å²) < 4.78 is 5.00. The smallest absolute Gasteiger partial charge is 0.224 e. The second-order valence-corrected chi connectivity index (χ2v) is 2.99. The Morgan fingerprint density at radius 2 is 2.00 bits per heavy atom. The van der Waals surface area contributed by atoms with E-state index < -0.39 is 0 Å². The molecular weight excluding hydrogens is 194 g/mol. The molecule has 0 saturated carbocycles. The van der Waals surface area contributed by atoms with E-state index in [2.05, 4.69) is 0 Å². The van der Waals surface area contributed by atoms with Gasteiger partial charge in [-0.2, -0.15) is 0 Å². The molecule has 4 heteroatoms. The van der Waals surface area contributed by atoms with E-state index in [9.17, 15) is 9.59 Å². The van der Waals surface area contributed by atoms with Gasteiger partial charge in [-0.3, -0.25) is 4.79 Å². The van der Waals surface area contributed by atoms with Gasteiger partial charge in [0, 0.05) is 12.6 Å². The predicted octanol–water partition coefficient (Wildman–Crippen LogP) is 1.25. The van der Waals surface area contributed by atoms with Crippen LogP contribution in [0.15, 0.2) is 24.3 Å². The lowest BCUT2D eigenvalue weighted by Crippen LogP contribution is -2.30. The van der Waals surface area contributed by atoms with Crippen molar-refractivity contribution in [1.29, 1.82) is 0 Å².